The third kappa shape index (κ3) is 1.97. The van der Waals surface area contributed by atoms with E-state index in [-0.39, 0.29) is 5.91 Å². The van der Waals surface area contributed by atoms with E-state index >= 15 is 0 Å². The van der Waals surface area contributed by atoms with Crippen LogP contribution >= 0.6 is 11.3 Å². The van der Waals surface area contributed by atoms with Crippen molar-refractivity contribution in [3.8, 4) is 0 Å². The molecule has 2 aromatic rings. The van der Waals surface area contributed by atoms with Gasteiger partial charge in [-0.2, -0.15) is 4.52 Å². The fraction of sp³-hybridized carbons (Fsp3) is 0.600. The monoisotopic (exact) mass is 266 g/mol. The van der Waals surface area contributed by atoms with Crippen LogP contribution in [0.2, 0.25) is 0 Å². The summed E-state index contributed by atoms with van der Waals surface area (Å²) >= 11 is 1.29. The summed E-state index contributed by atoms with van der Waals surface area (Å²) in [6.07, 6.45) is 1.51. The number of fused-ring (bicyclic) bond motifs is 1. The Bertz CT molecular complexity index is 527. The van der Waals surface area contributed by atoms with Gasteiger partial charge in [0.1, 0.15) is 6.33 Å². The highest BCUT2D eigenvalue weighted by Crippen LogP contribution is 2.15. The van der Waals surface area contributed by atoms with Crippen molar-refractivity contribution in [1.29, 1.82) is 0 Å². The lowest BCUT2D eigenvalue weighted by Gasteiger charge is -2.33. The highest BCUT2D eigenvalue weighted by molar-refractivity contribution is 7.18. The van der Waals surface area contributed by atoms with Crippen LogP contribution in [0.25, 0.3) is 4.96 Å². The number of carbonyl (C=O) groups excluding carboxylic acids is 1. The first-order chi connectivity index (χ1) is 8.78. The van der Waals surface area contributed by atoms with Crippen molar-refractivity contribution in [2.45, 2.75) is 6.92 Å². The van der Waals surface area contributed by atoms with Crippen LogP contribution in [-0.4, -0.2) is 68.2 Å². The first-order valence-corrected chi connectivity index (χ1v) is 6.78. The fourth-order valence-corrected chi connectivity index (χ4v) is 2.84. The quantitative estimate of drug-likeness (QED) is 0.763. The van der Waals surface area contributed by atoms with Crippen molar-refractivity contribution in [2.75, 3.05) is 32.7 Å². The van der Waals surface area contributed by atoms with E-state index in [0.717, 1.165) is 32.7 Å². The number of carbonyl (C=O) groups is 1. The lowest BCUT2D eigenvalue weighted by molar-refractivity contribution is 0.0642. The Morgan fingerprint density at radius 3 is 2.83 bits per heavy atom. The van der Waals surface area contributed by atoms with E-state index < -0.39 is 0 Å². The highest BCUT2D eigenvalue weighted by Gasteiger charge is 2.24. The van der Waals surface area contributed by atoms with E-state index in [0.29, 0.717) is 9.97 Å². The van der Waals surface area contributed by atoms with Crippen molar-refractivity contribution in [2.24, 2.45) is 0 Å². The van der Waals surface area contributed by atoms with Crippen LogP contribution in [0.4, 0.5) is 0 Å². The molecule has 0 spiro atoms. The zero-order chi connectivity index (χ0) is 12.5. The van der Waals surface area contributed by atoms with E-state index in [9.17, 15) is 4.79 Å². The second kappa shape index (κ2) is 4.62. The zero-order valence-electron chi connectivity index (χ0n) is 10.1. The molecule has 3 heterocycles. The molecule has 0 saturated carbocycles. The highest BCUT2D eigenvalue weighted by atomic mass is 32.1. The number of amides is 1. The molecule has 18 heavy (non-hydrogen) atoms. The third-order valence-corrected chi connectivity index (χ3v) is 4.08. The number of nitrogens with zero attached hydrogens (tertiary/aromatic N) is 6. The Morgan fingerprint density at radius 2 is 2.17 bits per heavy atom. The second-order valence-corrected chi connectivity index (χ2v) is 5.15. The van der Waals surface area contributed by atoms with Crippen molar-refractivity contribution >= 4 is 22.2 Å². The summed E-state index contributed by atoms with van der Waals surface area (Å²) in [5.41, 5.74) is 0. The van der Waals surface area contributed by atoms with E-state index in [1.165, 1.54) is 17.7 Å². The molecule has 0 atom stereocenters. The molecule has 0 bridgehead atoms. The molecule has 8 heteroatoms. The van der Waals surface area contributed by atoms with Crippen LogP contribution < -0.4 is 0 Å². The van der Waals surface area contributed by atoms with Crippen LogP contribution in [0.1, 0.15) is 16.7 Å². The van der Waals surface area contributed by atoms with E-state index in [1.54, 1.807) is 4.52 Å². The van der Waals surface area contributed by atoms with E-state index in [1.807, 2.05) is 4.90 Å². The second-order valence-electron chi connectivity index (χ2n) is 4.19. The molecule has 7 nitrogen and oxygen atoms in total. The standard InChI is InChI=1S/C10H14N6OS/c1-2-14-3-5-15(6-4-14)9(17)8-13-16-7-11-12-10(16)18-8/h7H,2-6H2,1H3. The van der Waals surface area contributed by atoms with Gasteiger partial charge in [0.25, 0.3) is 5.91 Å². The molecule has 0 radical (unpaired) electrons. The molecule has 1 amide bonds. The zero-order valence-corrected chi connectivity index (χ0v) is 10.9. The van der Waals surface area contributed by atoms with Gasteiger partial charge in [-0.1, -0.05) is 18.3 Å². The number of aromatic nitrogens is 4. The Labute approximate surface area is 108 Å². The molecule has 0 aliphatic carbocycles. The summed E-state index contributed by atoms with van der Waals surface area (Å²) in [6, 6.07) is 0. The van der Waals surface area contributed by atoms with Crippen molar-refractivity contribution in [3.63, 3.8) is 0 Å². The Kier molecular flexibility index (Phi) is 2.96. The molecule has 1 fully saturated rings. The van der Waals surface area contributed by atoms with Gasteiger partial charge in [0.05, 0.1) is 0 Å². The van der Waals surface area contributed by atoms with Crippen molar-refractivity contribution in [1.82, 2.24) is 29.6 Å². The van der Waals surface area contributed by atoms with Gasteiger partial charge in [-0.3, -0.25) is 4.79 Å². The van der Waals surface area contributed by atoms with Gasteiger partial charge in [0.2, 0.25) is 9.97 Å². The van der Waals surface area contributed by atoms with Gasteiger partial charge >= 0.3 is 0 Å². The summed E-state index contributed by atoms with van der Waals surface area (Å²) in [7, 11) is 0. The van der Waals surface area contributed by atoms with Gasteiger partial charge in [0.15, 0.2) is 0 Å². The average Bonchev–Trinajstić information content (AvgIpc) is 2.99. The normalized spacial score (nSPS) is 17.5. The minimum absolute atomic E-state index is 0.00116. The van der Waals surface area contributed by atoms with Gasteiger partial charge in [-0.25, -0.2) is 0 Å². The number of hydrogen-bond acceptors (Lipinski definition) is 6. The first kappa shape index (κ1) is 11.5. The predicted molar refractivity (Wildman–Crippen MR) is 66.7 cm³/mol. The lowest BCUT2D eigenvalue weighted by Crippen LogP contribution is -2.48. The smallest absolute Gasteiger partial charge is 0.284 e. The predicted octanol–water partition coefficient (Wildman–Crippen LogP) is -0.0365. The van der Waals surface area contributed by atoms with Gasteiger partial charge < -0.3 is 9.80 Å². The third-order valence-electron chi connectivity index (χ3n) is 3.18. The number of rotatable bonds is 2. The SMILES string of the molecule is CCN1CCN(C(=O)c2nn3cnnc3s2)CC1. The number of piperazine rings is 1. The minimum Gasteiger partial charge on any atom is -0.334 e. The van der Waals surface area contributed by atoms with Gasteiger partial charge in [-0.05, 0) is 6.54 Å². The van der Waals surface area contributed by atoms with Crippen molar-refractivity contribution in [3.05, 3.63) is 11.3 Å². The van der Waals surface area contributed by atoms with Crippen LogP contribution in [0.3, 0.4) is 0 Å². The maximum atomic E-state index is 12.3. The summed E-state index contributed by atoms with van der Waals surface area (Å²) in [5, 5.41) is 12.3. The van der Waals surface area contributed by atoms with Crippen LogP contribution in [0, 0.1) is 0 Å². The largest absolute Gasteiger partial charge is 0.334 e. The molecule has 96 valence electrons. The molecule has 1 saturated heterocycles. The molecule has 0 aromatic carbocycles. The lowest BCUT2D eigenvalue weighted by atomic mass is 10.3. The number of hydrogen-bond donors (Lipinski definition) is 0. The Balaban J connectivity index is 1.73. The minimum atomic E-state index is 0.00116. The van der Waals surface area contributed by atoms with E-state index in [4.69, 9.17) is 0 Å². The number of likely N-dealkylation sites (N-methyl/N-ethyl adjacent to an activating group) is 1. The molecule has 2 aromatic heterocycles. The first-order valence-electron chi connectivity index (χ1n) is 5.96. The van der Waals surface area contributed by atoms with Crippen LogP contribution in [0.5, 0.6) is 0 Å². The maximum Gasteiger partial charge on any atom is 0.284 e. The molecule has 0 unspecified atom stereocenters. The van der Waals surface area contributed by atoms with Gasteiger partial charge in [-0.15, -0.1) is 15.3 Å². The topological polar surface area (TPSA) is 66.6 Å². The average molecular weight is 266 g/mol. The Morgan fingerprint density at radius 1 is 1.39 bits per heavy atom. The van der Waals surface area contributed by atoms with Crippen LogP contribution in [0.15, 0.2) is 6.33 Å². The Hall–Kier alpha value is -1.54. The summed E-state index contributed by atoms with van der Waals surface area (Å²) in [6.45, 7) is 6.59. The molecule has 1 aliphatic rings. The van der Waals surface area contributed by atoms with Gasteiger partial charge in [0, 0.05) is 26.2 Å². The summed E-state index contributed by atoms with van der Waals surface area (Å²) in [5.74, 6) is 0.00116. The van der Waals surface area contributed by atoms with E-state index in [2.05, 4.69) is 27.1 Å². The summed E-state index contributed by atoms with van der Waals surface area (Å²) in [4.78, 5) is 17.1. The summed E-state index contributed by atoms with van der Waals surface area (Å²) < 4.78 is 1.54. The molecule has 3 rings (SSSR count). The molecule has 1 aliphatic heterocycles. The molecule has 0 N–H and O–H groups in total. The van der Waals surface area contributed by atoms with Crippen molar-refractivity contribution < 1.29 is 4.79 Å². The van der Waals surface area contributed by atoms with Crippen LogP contribution in [-0.2, 0) is 0 Å². The fourth-order valence-electron chi connectivity index (χ4n) is 2.05. The molecular formula is C10H14N6OS. The maximum absolute atomic E-state index is 12.3. The molecular weight excluding hydrogens is 252 g/mol.